The largest absolute Gasteiger partial charge is 0.480 e. The number of halogens is 3. The van der Waals surface area contributed by atoms with Gasteiger partial charge in [-0.05, 0) is 52.4 Å². The van der Waals surface area contributed by atoms with E-state index in [0.717, 1.165) is 28.5 Å². The summed E-state index contributed by atoms with van der Waals surface area (Å²) in [5.74, 6) is -0.837. The molecular weight excluding hydrogens is 481 g/mol. The fourth-order valence-corrected chi connectivity index (χ4v) is 5.41. The summed E-state index contributed by atoms with van der Waals surface area (Å²) in [5, 5.41) is 11.9. The molecule has 1 aliphatic heterocycles. The van der Waals surface area contributed by atoms with Crippen LogP contribution in [0.1, 0.15) is 35.2 Å². The van der Waals surface area contributed by atoms with E-state index < -0.39 is 29.3 Å². The predicted octanol–water partition coefficient (Wildman–Crippen LogP) is 5.92. The number of carboxylic acids is 1. The highest BCUT2D eigenvalue weighted by Crippen LogP contribution is 2.42. The molecular formula is C29H25F3N2O3. The van der Waals surface area contributed by atoms with Crippen LogP contribution in [0.25, 0.3) is 21.9 Å². The zero-order valence-electron chi connectivity index (χ0n) is 20.3. The molecule has 0 saturated heterocycles. The maximum Gasteiger partial charge on any atom is 0.416 e. The van der Waals surface area contributed by atoms with Crippen molar-refractivity contribution in [1.29, 1.82) is 0 Å². The molecule has 1 aromatic heterocycles. The molecule has 0 amide bonds. The van der Waals surface area contributed by atoms with Crippen LogP contribution in [0.2, 0.25) is 0 Å². The van der Waals surface area contributed by atoms with Crippen molar-refractivity contribution in [2.45, 2.75) is 32.0 Å². The van der Waals surface area contributed by atoms with E-state index in [4.69, 9.17) is 0 Å². The minimum atomic E-state index is -4.55. The number of nitrogens with zero attached hydrogens (tertiary/aromatic N) is 2. The first-order valence-corrected chi connectivity index (χ1v) is 12.0. The Morgan fingerprint density at radius 2 is 1.73 bits per heavy atom. The lowest BCUT2D eigenvalue weighted by molar-refractivity contribution is -0.140. The van der Waals surface area contributed by atoms with Crippen LogP contribution in [0.15, 0.2) is 71.5 Å². The number of anilines is 1. The Hall–Kier alpha value is -4.07. The summed E-state index contributed by atoms with van der Waals surface area (Å²) < 4.78 is 42.3. The number of likely N-dealkylation sites (N-methyl/N-ethyl adjacent to an activating group) is 1. The van der Waals surface area contributed by atoms with Gasteiger partial charge in [0.25, 0.3) is 5.56 Å². The van der Waals surface area contributed by atoms with Gasteiger partial charge in [-0.3, -0.25) is 9.36 Å². The summed E-state index contributed by atoms with van der Waals surface area (Å²) >= 11 is 0. The van der Waals surface area contributed by atoms with Gasteiger partial charge in [0.2, 0.25) is 0 Å². The van der Waals surface area contributed by atoms with Crippen molar-refractivity contribution in [3.05, 3.63) is 99.3 Å². The van der Waals surface area contributed by atoms with Crippen molar-refractivity contribution < 1.29 is 23.1 Å². The third-order valence-corrected chi connectivity index (χ3v) is 7.08. The number of benzene rings is 3. The molecule has 3 aromatic carbocycles. The van der Waals surface area contributed by atoms with Crippen LogP contribution in [-0.4, -0.2) is 29.2 Å². The number of alkyl halides is 3. The molecule has 5 rings (SSSR count). The fourth-order valence-electron chi connectivity index (χ4n) is 5.41. The molecule has 2 heterocycles. The highest BCUT2D eigenvalue weighted by molar-refractivity contribution is 5.88. The Bertz CT molecular complexity index is 1580. The Balaban J connectivity index is 1.86. The Morgan fingerprint density at radius 3 is 2.43 bits per heavy atom. The van der Waals surface area contributed by atoms with Crippen LogP contribution in [0.3, 0.4) is 0 Å². The molecule has 0 bridgehead atoms. The number of pyridine rings is 1. The number of aromatic nitrogens is 1. The van der Waals surface area contributed by atoms with Gasteiger partial charge in [-0.1, -0.05) is 61.5 Å². The van der Waals surface area contributed by atoms with Crippen LogP contribution in [0.5, 0.6) is 0 Å². The first kappa shape index (κ1) is 24.6. The molecule has 5 nitrogen and oxygen atoms in total. The average Bonchev–Trinajstić information content (AvgIpc) is 3.22. The maximum absolute atomic E-state index is 13.7. The third-order valence-electron chi connectivity index (χ3n) is 7.08. The van der Waals surface area contributed by atoms with E-state index >= 15 is 0 Å². The highest BCUT2D eigenvalue weighted by Gasteiger charge is 2.38. The topological polar surface area (TPSA) is 62.5 Å². The zero-order valence-corrected chi connectivity index (χ0v) is 20.3. The van der Waals surface area contributed by atoms with Crippen molar-refractivity contribution >= 4 is 22.6 Å². The summed E-state index contributed by atoms with van der Waals surface area (Å²) in [6.45, 7) is 1.85. The molecule has 1 atom stereocenters. The van der Waals surface area contributed by atoms with Gasteiger partial charge in [-0.15, -0.1) is 0 Å². The number of rotatable bonds is 5. The molecule has 1 N–H and O–H groups in total. The van der Waals surface area contributed by atoms with Crippen molar-refractivity contribution in [2.75, 3.05) is 18.5 Å². The van der Waals surface area contributed by atoms with E-state index in [1.807, 2.05) is 42.5 Å². The van der Waals surface area contributed by atoms with Gasteiger partial charge >= 0.3 is 12.1 Å². The zero-order chi connectivity index (χ0) is 26.5. The predicted molar refractivity (Wildman–Crippen MR) is 137 cm³/mol. The van der Waals surface area contributed by atoms with Crippen molar-refractivity contribution in [3.8, 4) is 11.1 Å². The average molecular weight is 507 g/mol. The summed E-state index contributed by atoms with van der Waals surface area (Å²) in [4.78, 5) is 27.5. The minimum Gasteiger partial charge on any atom is -0.480 e. The summed E-state index contributed by atoms with van der Waals surface area (Å²) in [7, 11) is 1.67. The molecule has 4 aromatic rings. The van der Waals surface area contributed by atoms with Gasteiger partial charge < -0.3 is 10.0 Å². The summed E-state index contributed by atoms with van der Waals surface area (Å²) in [6.07, 6.45) is -3.93. The molecule has 1 aliphatic rings. The van der Waals surface area contributed by atoms with Crippen LogP contribution >= 0.6 is 0 Å². The first-order chi connectivity index (χ1) is 17.6. The number of carboxylic acid groups (broad SMARTS) is 1. The second-order valence-electron chi connectivity index (χ2n) is 9.31. The Labute approximate surface area is 211 Å². The van der Waals surface area contributed by atoms with E-state index in [1.54, 1.807) is 24.9 Å². The monoisotopic (exact) mass is 506 g/mol. The van der Waals surface area contributed by atoms with E-state index in [1.165, 1.54) is 10.6 Å². The van der Waals surface area contributed by atoms with Crippen LogP contribution in [-0.2, 0) is 23.8 Å². The van der Waals surface area contributed by atoms with Crippen molar-refractivity contribution in [3.63, 3.8) is 0 Å². The van der Waals surface area contributed by atoms with E-state index in [9.17, 15) is 27.9 Å². The lowest BCUT2D eigenvalue weighted by atomic mass is 9.88. The van der Waals surface area contributed by atoms with Crippen molar-refractivity contribution in [2.24, 2.45) is 0 Å². The number of hydrogen-bond donors (Lipinski definition) is 1. The second-order valence-corrected chi connectivity index (χ2v) is 9.31. The molecule has 1 unspecified atom stereocenters. The molecule has 37 heavy (non-hydrogen) atoms. The number of aliphatic carboxylic acids is 1. The maximum atomic E-state index is 13.7. The van der Waals surface area contributed by atoms with E-state index in [2.05, 4.69) is 0 Å². The molecule has 0 radical (unpaired) electrons. The van der Waals surface area contributed by atoms with Gasteiger partial charge in [-0.25, -0.2) is 4.79 Å². The minimum absolute atomic E-state index is 0.0391. The smallest absolute Gasteiger partial charge is 0.416 e. The quantitative estimate of drug-likeness (QED) is 0.365. The standard InChI is InChI=1S/C29H25F3N2O3/c1-3-21-23(15-18-10-6-9-17-8-4-5-13-22(17)18)25(19-11-7-12-20(14-19)29(30,31)32)26-33(2)16-24(28(36)37)34(26)27(21)35/h4-14,24H,3,15-16H2,1-2H3,(H,36,37). The number of carbonyl (C=O) groups is 1. The first-order valence-electron chi connectivity index (χ1n) is 12.0. The molecule has 8 heteroatoms. The van der Waals surface area contributed by atoms with Gasteiger partial charge in [0, 0.05) is 18.2 Å². The van der Waals surface area contributed by atoms with Crippen LogP contribution < -0.4 is 10.5 Å². The molecule has 0 saturated carbocycles. The Kier molecular flexibility index (Phi) is 6.06. The molecule has 0 fully saturated rings. The van der Waals surface area contributed by atoms with Gasteiger partial charge in [-0.2, -0.15) is 13.2 Å². The normalized spacial score (nSPS) is 15.3. The Morgan fingerprint density at radius 1 is 1.03 bits per heavy atom. The molecule has 190 valence electrons. The summed E-state index contributed by atoms with van der Waals surface area (Å²) in [6, 6.07) is 17.5. The van der Waals surface area contributed by atoms with Crippen LogP contribution in [0.4, 0.5) is 19.0 Å². The lowest BCUT2D eigenvalue weighted by Gasteiger charge is -2.24. The van der Waals surface area contributed by atoms with Gasteiger partial charge in [0.05, 0.1) is 12.1 Å². The summed E-state index contributed by atoms with van der Waals surface area (Å²) in [5.41, 5.74) is 1.49. The van der Waals surface area contributed by atoms with Gasteiger partial charge in [0.15, 0.2) is 6.04 Å². The highest BCUT2D eigenvalue weighted by atomic mass is 19.4. The second kappa shape index (κ2) is 9.10. The fraction of sp³-hybridized carbons (Fsp3) is 0.241. The third kappa shape index (κ3) is 4.16. The van der Waals surface area contributed by atoms with Crippen LogP contribution in [0, 0.1) is 0 Å². The number of hydrogen-bond acceptors (Lipinski definition) is 3. The number of fused-ring (bicyclic) bond motifs is 2. The SMILES string of the molecule is CCc1c(Cc2cccc3ccccc23)c(-c2cccc(C(F)(F)F)c2)c2n(c1=O)C(C(=O)O)CN2C. The van der Waals surface area contributed by atoms with Gasteiger partial charge in [0.1, 0.15) is 5.82 Å². The van der Waals surface area contributed by atoms with Crippen molar-refractivity contribution in [1.82, 2.24) is 4.57 Å². The lowest BCUT2D eigenvalue weighted by Crippen LogP contribution is -2.31. The van der Waals surface area contributed by atoms with E-state index in [0.29, 0.717) is 40.9 Å². The molecule has 0 spiro atoms. The van der Waals surface area contributed by atoms with E-state index in [-0.39, 0.29) is 6.54 Å². The molecule has 0 aliphatic carbocycles.